The van der Waals surface area contributed by atoms with E-state index in [0.29, 0.717) is 22.7 Å². The van der Waals surface area contributed by atoms with E-state index in [2.05, 4.69) is 35.4 Å². The fourth-order valence-corrected chi connectivity index (χ4v) is 4.51. The number of amides is 2. The van der Waals surface area contributed by atoms with E-state index in [-0.39, 0.29) is 18.2 Å². The molecule has 0 spiro atoms. The Kier molecular flexibility index (Phi) is 7.22. The number of ether oxygens (including phenoxy) is 1. The Morgan fingerprint density at radius 3 is 2.24 bits per heavy atom. The van der Waals surface area contributed by atoms with Crippen molar-refractivity contribution in [2.45, 2.75) is 32.1 Å². The van der Waals surface area contributed by atoms with Crippen LogP contribution in [0.15, 0.2) is 54.6 Å². The third-order valence-corrected chi connectivity index (χ3v) is 7.35. The second-order valence-electron chi connectivity index (χ2n) is 8.88. The Bertz CT molecular complexity index is 1100. The molecule has 1 atom stereocenters. The number of carbonyl (C=O) groups excluding carboxylic acids is 2. The van der Waals surface area contributed by atoms with Crippen molar-refractivity contribution in [3.8, 4) is 11.6 Å². The van der Waals surface area contributed by atoms with Gasteiger partial charge in [0, 0.05) is 18.8 Å². The smallest absolute Gasteiger partial charge is 0.251 e. The molecule has 3 rings (SSSR count). The zero-order chi connectivity index (χ0) is 24.2. The largest absolute Gasteiger partial charge is 0.497 e. The molecular formula is C24H30N4O4Si. The van der Waals surface area contributed by atoms with E-state index in [0.717, 1.165) is 0 Å². The molecule has 9 heteroatoms. The van der Waals surface area contributed by atoms with E-state index < -0.39 is 20.0 Å². The number of nitrogens with one attached hydrogen (secondary N) is 2. The predicted octanol–water partition coefficient (Wildman–Crippen LogP) is 2.72. The van der Waals surface area contributed by atoms with Crippen molar-refractivity contribution in [2.24, 2.45) is 7.05 Å². The van der Waals surface area contributed by atoms with Crippen molar-refractivity contribution in [1.29, 1.82) is 0 Å². The highest BCUT2D eigenvalue weighted by Gasteiger charge is 2.24. The predicted molar refractivity (Wildman–Crippen MR) is 131 cm³/mol. The van der Waals surface area contributed by atoms with E-state index >= 15 is 0 Å². The number of carbonyl (C=O) groups is 2. The highest BCUT2D eigenvalue weighted by molar-refractivity contribution is 6.88. The van der Waals surface area contributed by atoms with Gasteiger partial charge in [0.1, 0.15) is 11.8 Å². The highest BCUT2D eigenvalue weighted by Crippen LogP contribution is 2.20. The third kappa shape index (κ3) is 6.23. The molecule has 0 aliphatic carbocycles. The fourth-order valence-electron chi connectivity index (χ4n) is 3.34. The van der Waals surface area contributed by atoms with E-state index in [1.54, 1.807) is 38.4 Å². The number of aromatic hydroxyl groups is 1. The summed E-state index contributed by atoms with van der Waals surface area (Å²) in [5, 5.41) is 20.7. The summed E-state index contributed by atoms with van der Waals surface area (Å²) < 4.78 is 6.48. The molecule has 0 saturated carbocycles. The molecule has 1 heterocycles. The lowest BCUT2D eigenvalue weighted by atomic mass is 10.1. The molecule has 1 unspecified atom stereocenters. The summed E-state index contributed by atoms with van der Waals surface area (Å²) in [6, 6.07) is 15.3. The van der Waals surface area contributed by atoms with Crippen molar-refractivity contribution >= 4 is 30.8 Å². The molecule has 3 N–H and O–H groups in total. The number of anilines is 1. The molecule has 0 bridgehead atoms. The molecule has 2 amide bonds. The Hall–Kier alpha value is -3.59. The van der Waals surface area contributed by atoms with Gasteiger partial charge in [-0.1, -0.05) is 49.1 Å². The number of rotatable bonds is 8. The minimum Gasteiger partial charge on any atom is -0.497 e. The molecule has 0 aliphatic rings. The van der Waals surface area contributed by atoms with Gasteiger partial charge in [-0.3, -0.25) is 9.59 Å². The Balaban J connectivity index is 1.79. The Morgan fingerprint density at radius 2 is 1.73 bits per heavy atom. The van der Waals surface area contributed by atoms with E-state index in [1.807, 2.05) is 24.3 Å². The normalized spacial score (nSPS) is 12.2. The zero-order valence-corrected chi connectivity index (χ0v) is 20.5. The first-order valence-corrected chi connectivity index (χ1v) is 14.1. The van der Waals surface area contributed by atoms with Crippen LogP contribution in [0.5, 0.6) is 11.6 Å². The zero-order valence-electron chi connectivity index (χ0n) is 19.5. The van der Waals surface area contributed by atoms with Gasteiger partial charge in [0.05, 0.1) is 27.3 Å². The van der Waals surface area contributed by atoms with Crippen LogP contribution in [-0.4, -0.2) is 41.9 Å². The molecule has 0 aliphatic heterocycles. The summed E-state index contributed by atoms with van der Waals surface area (Å²) in [6.45, 7) is 6.78. The number of aromatic nitrogens is 2. The molecule has 0 radical (unpaired) electrons. The standard InChI is InChI=1S/C24H30N4O4Si/c1-28-22(30)15-18(27-28)14-21(29)26-23(16-6-10-19(32-2)11-7-16)24(31)25-17-8-12-20(13-9-17)33(3,4)5/h6-13,15,23,30H,14H2,1-5H3,(H,25,31)(H,26,29). The maximum Gasteiger partial charge on any atom is 0.251 e. The average Bonchev–Trinajstić information content (AvgIpc) is 3.08. The lowest BCUT2D eigenvalue weighted by Gasteiger charge is -2.20. The molecule has 3 aromatic rings. The van der Waals surface area contributed by atoms with Crippen LogP contribution in [-0.2, 0) is 23.1 Å². The molecule has 33 heavy (non-hydrogen) atoms. The summed E-state index contributed by atoms with van der Waals surface area (Å²) in [7, 11) is 1.70. The average molecular weight is 467 g/mol. The number of hydrogen-bond donors (Lipinski definition) is 3. The van der Waals surface area contributed by atoms with Gasteiger partial charge in [-0.25, -0.2) is 4.68 Å². The molecule has 174 valence electrons. The van der Waals surface area contributed by atoms with Crippen molar-refractivity contribution in [1.82, 2.24) is 15.1 Å². The van der Waals surface area contributed by atoms with Gasteiger partial charge in [0.25, 0.3) is 5.91 Å². The van der Waals surface area contributed by atoms with Gasteiger partial charge in [0.15, 0.2) is 0 Å². The summed E-state index contributed by atoms with van der Waals surface area (Å²) in [6.07, 6.45) is -0.0702. The lowest BCUT2D eigenvalue weighted by molar-refractivity contribution is -0.126. The first-order valence-electron chi connectivity index (χ1n) is 10.6. The maximum absolute atomic E-state index is 13.2. The number of nitrogens with zero attached hydrogens (tertiary/aromatic N) is 2. The van der Waals surface area contributed by atoms with Crippen LogP contribution in [0.25, 0.3) is 0 Å². The number of hydrogen-bond acceptors (Lipinski definition) is 5. The van der Waals surface area contributed by atoms with Gasteiger partial charge in [-0.05, 0) is 29.8 Å². The minimum absolute atomic E-state index is 0.0380. The minimum atomic E-state index is -1.45. The molecule has 0 fully saturated rings. The van der Waals surface area contributed by atoms with Crippen LogP contribution >= 0.6 is 0 Å². The van der Waals surface area contributed by atoms with Gasteiger partial charge in [-0.2, -0.15) is 5.10 Å². The SMILES string of the molecule is COc1ccc(C(NC(=O)Cc2cc(O)n(C)n2)C(=O)Nc2ccc([Si](C)(C)C)cc2)cc1. The van der Waals surface area contributed by atoms with Crippen molar-refractivity contribution in [3.63, 3.8) is 0 Å². The van der Waals surface area contributed by atoms with Gasteiger partial charge < -0.3 is 20.5 Å². The molecule has 0 saturated heterocycles. The molecule has 1 aromatic heterocycles. The Labute approximate surface area is 194 Å². The van der Waals surface area contributed by atoms with Crippen LogP contribution in [0.2, 0.25) is 19.6 Å². The highest BCUT2D eigenvalue weighted by atomic mass is 28.3. The van der Waals surface area contributed by atoms with Crippen LogP contribution < -0.4 is 20.6 Å². The van der Waals surface area contributed by atoms with E-state index in [1.165, 1.54) is 15.9 Å². The number of aryl methyl sites for hydroxylation is 1. The van der Waals surface area contributed by atoms with Crippen molar-refractivity contribution < 1.29 is 19.4 Å². The fraction of sp³-hybridized carbons (Fsp3) is 0.292. The van der Waals surface area contributed by atoms with E-state index in [4.69, 9.17) is 4.74 Å². The van der Waals surface area contributed by atoms with E-state index in [9.17, 15) is 14.7 Å². The van der Waals surface area contributed by atoms with Crippen molar-refractivity contribution in [2.75, 3.05) is 12.4 Å². The van der Waals surface area contributed by atoms with Crippen LogP contribution in [0.3, 0.4) is 0 Å². The first kappa shape index (κ1) is 24.1. The van der Waals surface area contributed by atoms with Crippen LogP contribution in [0, 0.1) is 0 Å². The van der Waals surface area contributed by atoms with Gasteiger partial charge in [-0.15, -0.1) is 0 Å². The van der Waals surface area contributed by atoms with Crippen molar-refractivity contribution in [3.05, 3.63) is 65.9 Å². The molecule has 8 nitrogen and oxygen atoms in total. The number of methoxy groups -OCH3 is 1. The van der Waals surface area contributed by atoms with Gasteiger partial charge in [0.2, 0.25) is 11.8 Å². The monoisotopic (exact) mass is 466 g/mol. The first-order chi connectivity index (χ1) is 15.6. The van der Waals surface area contributed by atoms with Crippen LogP contribution in [0.1, 0.15) is 17.3 Å². The quantitative estimate of drug-likeness (QED) is 0.443. The molecule has 2 aromatic carbocycles. The van der Waals surface area contributed by atoms with Crippen LogP contribution in [0.4, 0.5) is 5.69 Å². The summed E-state index contributed by atoms with van der Waals surface area (Å²) in [5.74, 6) is -0.143. The molecular weight excluding hydrogens is 436 g/mol. The Morgan fingerprint density at radius 1 is 1.09 bits per heavy atom. The summed E-state index contributed by atoms with van der Waals surface area (Å²) in [4.78, 5) is 25.9. The second-order valence-corrected chi connectivity index (χ2v) is 14.0. The second kappa shape index (κ2) is 9.91. The van der Waals surface area contributed by atoms with Gasteiger partial charge >= 0.3 is 0 Å². The summed E-state index contributed by atoms with van der Waals surface area (Å²) in [5.41, 5.74) is 1.68. The maximum atomic E-state index is 13.2. The summed E-state index contributed by atoms with van der Waals surface area (Å²) >= 11 is 0. The topological polar surface area (TPSA) is 105 Å². The lowest BCUT2D eigenvalue weighted by Crippen LogP contribution is -2.38. The third-order valence-electron chi connectivity index (χ3n) is 5.28. The number of benzene rings is 2.